The molecular formula is C12H17N3O4. The molecule has 0 aliphatic heterocycles. The molecule has 0 aliphatic rings. The molecule has 0 radical (unpaired) electrons. The molecule has 1 unspecified atom stereocenters. The summed E-state index contributed by atoms with van der Waals surface area (Å²) >= 11 is 0. The van der Waals surface area contributed by atoms with Crippen molar-refractivity contribution in [1.82, 2.24) is 0 Å². The first-order valence-electron chi connectivity index (χ1n) is 5.82. The molecule has 19 heavy (non-hydrogen) atoms. The van der Waals surface area contributed by atoms with Gasteiger partial charge in [-0.05, 0) is 32.9 Å². The molecular weight excluding hydrogens is 250 g/mol. The van der Waals surface area contributed by atoms with Crippen LogP contribution in [0.3, 0.4) is 0 Å². The molecule has 7 heteroatoms. The first kappa shape index (κ1) is 14.7. The van der Waals surface area contributed by atoms with E-state index >= 15 is 0 Å². The lowest BCUT2D eigenvalue weighted by Crippen LogP contribution is -2.32. The Morgan fingerprint density at radius 3 is 2.53 bits per heavy atom. The standard InChI is InChI=1S/C12H17N3O4/c1-7(2)19-10-6-4-5-9(11(10)15(17)18)14-8(3)12(13)16/h4-8,14H,1-3H3,(H2,13,16). The van der Waals surface area contributed by atoms with Gasteiger partial charge in [0.05, 0.1) is 11.0 Å². The van der Waals surface area contributed by atoms with Crippen molar-refractivity contribution in [2.45, 2.75) is 32.9 Å². The van der Waals surface area contributed by atoms with Crippen LogP contribution in [0.5, 0.6) is 5.75 Å². The summed E-state index contributed by atoms with van der Waals surface area (Å²) in [4.78, 5) is 21.6. The number of nitro groups is 1. The Labute approximate surface area is 110 Å². The van der Waals surface area contributed by atoms with Gasteiger partial charge in [-0.2, -0.15) is 0 Å². The SMILES string of the molecule is CC(C)Oc1cccc(NC(C)C(N)=O)c1[N+](=O)[O-]. The summed E-state index contributed by atoms with van der Waals surface area (Å²) in [5.41, 5.74) is 5.13. The van der Waals surface area contributed by atoms with E-state index in [1.54, 1.807) is 19.9 Å². The highest BCUT2D eigenvalue weighted by Crippen LogP contribution is 2.35. The number of benzene rings is 1. The van der Waals surface area contributed by atoms with Crippen LogP contribution in [-0.4, -0.2) is 23.0 Å². The number of nitrogens with one attached hydrogen (secondary N) is 1. The molecule has 0 bridgehead atoms. The number of hydrogen-bond donors (Lipinski definition) is 2. The molecule has 7 nitrogen and oxygen atoms in total. The topological polar surface area (TPSA) is 107 Å². The third kappa shape index (κ3) is 3.84. The van der Waals surface area contributed by atoms with Crippen molar-refractivity contribution in [3.05, 3.63) is 28.3 Å². The molecule has 0 fully saturated rings. The van der Waals surface area contributed by atoms with Gasteiger partial charge in [0.25, 0.3) is 0 Å². The van der Waals surface area contributed by atoms with E-state index in [4.69, 9.17) is 10.5 Å². The summed E-state index contributed by atoms with van der Waals surface area (Å²) in [7, 11) is 0. The number of amides is 1. The van der Waals surface area contributed by atoms with Gasteiger partial charge < -0.3 is 15.8 Å². The molecule has 1 aromatic carbocycles. The van der Waals surface area contributed by atoms with E-state index in [2.05, 4.69) is 5.32 Å². The van der Waals surface area contributed by atoms with Gasteiger partial charge in [0.2, 0.25) is 5.91 Å². The molecule has 0 aliphatic carbocycles. The minimum absolute atomic E-state index is 0.154. The van der Waals surface area contributed by atoms with E-state index in [-0.39, 0.29) is 23.2 Å². The Kier molecular flexibility index (Phi) is 4.68. The van der Waals surface area contributed by atoms with E-state index in [1.165, 1.54) is 19.1 Å². The molecule has 1 atom stereocenters. The second kappa shape index (κ2) is 6.03. The van der Waals surface area contributed by atoms with Crippen molar-refractivity contribution < 1.29 is 14.5 Å². The Morgan fingerprint density at radius 1 is 1.42 bits per heavy atom. The fraction of sp³-hybridized carbons (Fsp3) is 0.417. The lowest BCUT2D eigenvalue weighted by Gasteiger charge is -2.15. The van der Waals surface area contributed by atoms with E-state index in [9.17, 15) is 14.9 Å². The fourth-order valence-corrected chi connectivity index (χ4v) is 1.48. The van der Waals surface area contributed by atoms with Gasteiger partial charge in [0.1, 0.15) is 11.7 Å². The number of carbonyl (C=O) groups is 1. The fourth-order valence-electron chi connectivity index (χ4n) is 1.48. The Hall–Kier alpha value is -2.31. The number of nitrogens with zero attached hydrogens (tertiary/aromatic N) is 1. The lowest BCUT2D eigenvalue weighted by atomic mass is 10.2. The highest BCUT2D eigenvalue weighted by molar-refractivity contribution is 5.84. The second-order valence-electron chi connectivity index (χ2n) is 4.34. The third-order valence-electron chi connectivity index (χ3n) is 2.34. The monoisotopic (exact) mass is 267 g/mol. The number of hydrogen-bond acceptors (Lipinski definition) is 5. The van der Waals surface area contributed by atoms with Crippen molar-refractivity contribution in [3.63, 3.8) is 0 Å². The van der Waals surface area contributed by atoms with E-state index in [0.717, 1.165) is 0 Å². The Balaban J connectivity index is 3.16. The summed E-state index contributed by atoms with van der Waals surface area (Å²) in [6.07, 6.45) is -0.192. The molecule has 0 saturated carbocycles. The quantitative estimate of drug-likeness (QED) is 0.602. The summed E-state index contributed by atoms with van der Waals surface area (Å²) in [5.74, 6) is -0.439. The minimum atomic E-state index is -0.715. The van der Waals surface area contributed by atoms with Crippen molar-refractivity contribution in [2.24, 2.45) is 5.73 Å². The van der Waals surface area contributed by atoms with Crippen LogP contribution < -0.4 is 15.8 Å². The molecule has 0 saturated heterocycles. The van der Waals surface area contributed by atoms with Crippen LogP contribution in [0.4, 0.5) is 11.4 Å². The van der Waals surface area contributed by atoms with Crippen LogP contribution in [-0.2, 0) is 4.79 Å². The van der Waals surface area contributed by atoms with Gasteiger partial charge >= 0.3 is 5.69 Å². The van der Waals surface area contributed by atoms with Crippen molar-refractivity contribution in [1.29, 1.82) is 0 Å². The van der Waals surface area contributed by atoms with E-state index in [1.807, 2.05) is 0 Å². The Morgan fingerprint density at radius 2 is 2.05 bits per heavy atom. The molecule has 1 amide bonds. The lowest BCUT2D eigenvalue weighted by molar-refractivity contribution is -0.385. The zero-order chi connectivity index (χ0) is 14.6. The number of nitro benzene ring substituents is 1. The number of para-hydroxylation sites is 1. The highest BCUT2D eigenvalue weighted by Gasteiger charge is 2.23. The van der Waals surface area contributed by atoms with Gasteiger partial charge in [-0.1, -0.05) is 6.07 Å². The van der Waals surface area contributed by atoms with Crippen LogP contribution >= 0.6 is 0 Å². The zero-order valence-electron chi connectivity index (χ0n) is 11.0. The van der Waals surface area contributed by atoms with Crippen molar-refractivity contribution >= 4 is 17.3 Å². The number of nitrogens with two attached hydrogens (primary N) is 1. The van der Waals surface area contributed by atoms with Crippen molar-refractivity contribution in [3.8, 4) is 5.75 Å². The van der Waals surface area contributed by atoms with Crippen LogP contribution in [0.1, 0.15) is 20.8 Å². The number of primary amides is 1. The summed E-state index contributed by atoms with van der Waals surface area (Å²) in [6, 6.07) is 3.91. The maximum absolute atomic E-state index is 11.1. The molecule has 3 N–H and O–H groups in total. The van der Waals surface area contributed by atoms with Gasteiger partial charge in [-0.15, -0.1) is 0 Å². The molecule has 1 rings (SSSR count). The van der Waals surface area contributed by atoms with Gasteiger partial charge in [0, 0.05) is 0 Å². The summed E-state index contributed by atoms with van der Waals surface area (Å²) in [6.45, 7) is 5.08. The average molecular weight is 267 g/mol. The summed E-state index contributed by atoms with van der Waals surface area (Å²) in [5, 5.41) is 13.9. The number of anilines is 1. The Bertz CT molecular complexity index is 488. The molecule has 0 spiro atoms. The van der Waals surface area contributed by atoms with Crippen LogP contribution in [0.2, 0.25) is 0 Å². The van der Waals surface area contributed by atoms with Crippen molar-refractivity contribution in [2.75, 3.05) is 5.32 Å². The zero-order valence-corrected chi connectivity index (χ0v) is 11.0. The first-order valence-corrected chi connectivity index (χ1v) is 5.82. The number of rotatable bonds is 6. The van der Waals surface area contributed by atoms with Crippen LogP contribution in [0, 0.1) is 10.1 Å². The smallest absolute Gasteiger partial charge is 0.333 e. The number of carbonyl (C=O) groups excluding carboxylic acids is 1. The number of ether oxygens (including phenoxy) is 1. The highest BCUT2D eigenvalue weighted by atomic mass is 16.6. The first-order chi connectivity index (χ1) is 8.82. The third-order valence-corrected chi connectivity index (χ3v) is 2.34. The predicted molar refractivity (Wildman–Crippen MR) is 71.1 cm³/mol. The summed E-state index contributed by atoms with van der Waals surface area (Å²) < 4.78 is 5.39. The molecule has 0 aromatic heterocycles. The average Bonchev–Trinajstić information content (AvgIpc) is 2.27. The maximum Gasteiger partial charge on any atom is 0.333 e. The molecule has 0 heterocycles. The van der Waals surface area contributed by atoms with Gasteiger partial charge in [0.15, 0.2) is 5.75 Å². The van der Waals surface area contributed by atoms with Crippen LogP contribution in [0.25, 0.3) is 0 Å². The largest absolute Gasteiger partial charge is 0.484 e. The molecule has 104 valence electrons. The second-order valence-corrected chi connectivity index (χ2v) is 4.34. The van der Waals surface area contributed by atoms with E-state index < -0.39 is 16.9 Å². The van der Waals surface area contributed by atoms with E-state index in [0.29, 0.717) is 0 Å². The van der Waals surface area contributed by atoms with Gasteiger partial charge in [-0.3, -0.25) is 14.9 Å². The predicted octanol–water partition coefficient (Wildman–Crippen LogP) is 1.67. The van der Waals surface area contributed by atoms with Gasteiger partial charge in [-0.25, -0.2) is 0 Å². The molecule has 1 aromatic rings. The normalized spacial score (nSPS) is 12.0. The maximum atomic E-state index is 11.1. The van der Waals surface area contributed by atoms with Crippen LogP contribution in [0.15, 0.2) is 18.2 Å². The minimum Gasteiger partial charge on any atom is -0.484 e.